The van der Waals surface area contributed by atoms with Gasteiger partial charge in [-0.3, -0.25) is 4.79 Å². The van der Waals surface area contributed by atoms with Crippen molar-refractivity contribution in [3.63, 3.8) is 0 Å². The number of likely N-dealkylation sites (tertiary alicyclic amines) is 1. The fourth-order valence-electron chi connectivity index (χ4n) is 2.98. The largest absolute Gasteiger partial charge is 0.497 e. The maximum Gasteiger partial charge on any atom is 0.317 e. The van der Waals surface area contributed by atoms with Crippen LogP contribution in [0.1, 0.15) is 18.9 Å². The van der Waals surface area contributed by atoms with Crippen molar-refractivity contribution in [2.24, 2.45) is 5.41 Å². The highest BCUT2D eigenvalue weighted by Crippen LogP contribution is 2.30. The SMILES string of the molecule is COc1ccc(Oc2cc(CNC(=O)N3CCC(C)(C(=O)O)C3)ccn2)cc1. The highest BCUT2D eigenvalue weighted by atomic mass is 16.5. The van der Waals surface area contributed by atoms with Gasteiger partial charge in [0.1, 0.15) is 11.5 Å². The molecule has 1 atom stereocenters. The number of hydrogen-bond donors (Lipinski definition) is 2. The lowest BCUT2D eigenvalue weighted by Gasteiger charge is -2.20. The first kappa shape index (κ1) is 19.5. The van der Waals surface area contributed by atoms with E-state index >= 15 is 0 Å². The smallest absolute Gasteiger partial charge is 0.317 e. The average Bonchev–Trinajstić information content (AvgIpc) is 3.11. The number of aliphatic carboxylic acids is 1. The second kappa shape index (κ2) is 8.16. The Morgan fingerprint density at radius 1 is 1.25 bits per heavy atom. The summed E-state index contributed by atoms with van der Waals surface area (Å²) in [5.74, 6) is 0.894. The molecule has 0 radical (unpaired) electrons. The van der Waals surface area contributed by atoms with Gasteiger partial charge in [-0.15, -0.1) is 0 Å². The topological polar surface area (TPSA) is 101 Å². The molecule has 1 unspecified atom stereocenters. The Bertz CT molecular complexity index is 855. The third-order valence-electron chi connectivity index (χ3n) is 4.80. The molecule has 2 amide bonds. The highest BCUT2D eigenvalue weighted by Gasteiger charge is 2.42. The van der Waals surface area contributed by atoms with E-state index in [9.17, 15) is 14.7 Å². The number of carboxylic acids is 1. The molecule has 0 bridgehead atoms. The highest BCUT2D eigenvalue weighted by molar-refractivity contribution is 5.79. The molecule has 0 aliphatic carbocycles. The van der Waals surface area contributed by atoms with E-state index in [0.717, 1.165) is 11.3 Å². The van der Waals surface area contributed by atoms with Gasteiger partial charge < -0.3 is 24.8 Å². The predicted molar refractivity (Wildman–Crippen MR) is 101 cm³/mol. The number of urea groups is 1. The number of amides is 2. The number of pyridine rings is 1. The van der Waals surface area contributed by atoms with Gasteiger partial charge in [-0.1, -0.05) is 0 Å². The number of carboxylic acid groups (broad SMARTS) is 1. The van der Waals surface area contributed by atoms with E-state index in [1.165, 1.54) is 4.90 Å². The molecule has 1 aromatic heterocycles. The van der Waals surface area contributed by atoms with Crippen LogP contribution in [0.5, 0.6) is 17.4 Å². The standard InChI is InChI=1S/C20H23N3O5/c1-20(18(24)25)8-10-23(13-20)19(26)22-12-14-7-9-21-17(11-14)28-16-5-3-15(27-2)4-6-16/h3-7,9,11H,8,10,12-13H2,1-2H3,(H,22,26)(H,24,25). The first-order valence-electron chi connectivity index (χ1n) is 8.93. The molecule has 0 saturated carbocycles. The number of benzene rings is 1. The molecule has 8 nitrogen and oxygen atoms in total. The minimum atomic E-state index is -0.882. The van der Waals surface area contributed by atoms with Gasteiger partial charge in [-0.2, -0.15) is 0 Å². The van der Waals surface area contributed by atoms with Crippen LogP contribution in [0.3, 0.4) is 0 Å². The summed E-state index contributed by atoms with van der Waals surface area (Å²) in [7, 11) is 1.60. The molecule has 3 rings (SSSR count). The molecular weight excluding hydrogens is 362 g/mol. The molecule has 1 aromatic carbocycles. The number of aromatic nitrogens is 1. The number of carbonyl (C=O) groups excluding carboxylic acids is 1. The molecule has 1 fully saturated rings. The van der Waals surface area contributed by atoms with Crippen LogP contribution < -0.4 is 14.8 Å². The molecule has 2 N–H and O–H groups in total. The Balaban J connectivity index is 1.56. The van der Waals surface area contributed by atoms with Gasteiger partial charge >= 0.3 is 12.0 Å². The Morgan fingerprint density at radius 2 is 1.96 bits per heavy atom. The summed E-state index contributed by atoms with van der Waals surface area (Å²) in [6.45, 7) is 2.59. The van der Waals surface area contributed by atoms with Gasteiger partial charge in [0.2, 0.25) is 5.88 Å². The van der Waals surface area contributed by atoms with E-state index in [2.05, 4.69) is 10.3 Å². The molecule has 2 heterocycles. The van der Waals surface area contributed by atoms with Gasteiger partial charge in [0.05, 0.1) is 12.5 Å². The molecule has 148 valence electrons. The van der Waals surface area contributed by atoms with Crippen molar-refractivity contribution < 1.29 is 24.2 Å². The van der Waals surface area contributed by atoms with Crippen LogP contribution in [0.4, 0.5) is 4.79 Å². The van der Waals surface area contributed by atoms with Crippen molar-refractivity contribution in [2.45, 2.75) is 19.9 Å². The Hall–Kier alpha value is -3.29. The number of hydrogen-bond acceptors (Lipinski definition) is 5. The van der Waals surface area contributed by atoms with E-state index in [1.54, 1.807) is 56.6 Å². The number of rotatable bonds is 6. The zero-order chi connectivity index (χ0) is 20.1. The van der Waals surface area contributed by atoms with Crippen molar-refractivity contribution in [1.29, 1.82) is 0 Å². The fraction of sp³-hybridized carbons (Fsp3) is 0.350. The normalized spacial score (nSPS) is 18.6. The van der Waals surface area contributed by atoms with Crippen molar-refractivity contribution in [3.8, 4) is 17.4 Å². The minimum Gasteiger partial charge on any atom is -0.497 e. The van der Waals surface area contributed by atoms with Gasteiger partial charge in [-0.25, -0.2) is 9.78 Å². The van der Waals surface area contributed by atoms with Crippen molar-refractivity contribution in [2.75, 3.05) is 20.2 Å². The third kappa shape index (κ3) is 4.51. The van der Waals surface area contributed by atoms with Crippen LogP contribution in [0.2, 0.25) is 0 Å². The van der Waals surface area contributed by atoms with Gasteiger partial charge in [0, 0.05) is 31.9 Å². The maximum absolute atomic E-state index is 12.3. The fourth-order valence-corrected chi connectivity index (χ4v) is 2.98. The minimum absolute atomic E-state index is 0.205. The third-order valence-corrected chi connectivity index (χ3v) is 4.80. The molecular formula is C20H23N3O5. The van der Waals surface area contributed by atoms with E-state index in [0.29, 0.717) is 31.1 Å². The van der Waals surface area contributed by atoms with Crippen LogP contribution in [0, 0.1) is 5.41 Å². The summed E-state index contributed by atoms with van der Waals surface area (Å²) in [6.07, 6.45) is 2.06. The van der Waals surface area contributed by atoms with E-state index < -0.39 is 11.4 Å². The molecule has 0 spiro atoms. The zero-order valence-electron chi connectivity index (χ0n) is 15.8. The van der Waals surface area contributed by atoms with E-state index in [-0.39, 0.29) is 12.6 Å². The van der Waals surface area contributed by atoms with E-state index in [1.807, 2.05) is 0 Å². The first-order valence-corrected chi connectivity index (χ1v) is 8.93. The second-order valence-electron chi connectivity index (χ2n) is 6.98. The number of ether oxygens (including phenoxy) is 2. The number of methoxy groups -OCH3 is 1. The molecule has 28 heavy (non-hydrogen) atoms. The van der Waals surface area contributed by atoms with Crippen LogP contribution >= 0.6 is 0 Å². The summed E-state index contributed by atoms with van der Waals surface area (Å²) < 4.78 is 10.8. The average molecular weight is 385 g/mol. The zero-order valence-corrected chi connectivity index (χ0v) is 15.8. The summed E-state index contributed by atoms with van der Waals surface area (Å²) >= 11 is 0. The van der Waals surface area contributed by atoms with Gasteiger partial charge in [0.25, 0.3) is 0 Å². The van der Waals surface area contributed by atoms with Crippen molar-refractivity contribution in [3.05, 3.63) is 48.2 Å². The maximum atomic E-state index is 12.3. The molecule has 2 aromatic rings. The van der Waals surface area contributed by atoms with Crippen LogP contribution in [-0.2, 0) is 11.3 Å². The first-order chi connectivity index (χ1) is 13.4. The van der Waals surface area contributed by atoms with E-state index in [4.69, 9.17) is 9.47 Å². The van der Waals surface area contributed by atoms with Crippen LogP contribution in [-0.4, -0.2) is 47.2 Å². The predicted octanol–water partition coefficient (Wildman–Crippen LogP) is 2.89. The summed E-state index contributed by atoms with van der Waals surface area (Å²) in [5, 5.41) is 12.1. The summed E-state index contributed by atoms with van der Waals surface area (Å²) in [6, 6.07) is 10.4. The monoisotopic (exact) mass is 385 g/mol. The second-order valence-corrected chi connectivity index (χ2v) is 6.98. The van der Waals surface area contributed by atoms with Crippen molar-refractivity contribution >= 4 is 12.0 Å². The Labute approximate surface area is 163 Å². The lowest BCUT2D eigenvalue weighted by Crippen LogP contribution is -2.40. The van der Waals surface area contributed by atoms with Gasteiger partial charge in [-0.05, 0) is 49.2 Å². The lowest BCUT2D eigenvalue weighted by atomic mass is 9.90. The molecule has 8 heteroatoms. The molecule has 1 aliphatic rings. The lowest BCUT2D eigenvalue weighted by molar-refractivity contribution is -0.147. The van der Waals surface area contributed by atoms with Gasteiger partial charge in [0.15, 0.2) is 0 Å². The number of nitrogens with one attached hydrogen (secondary N) is 1. The van der Waals surface area contributed by atoms with Crippen LogP contribution in [0.15, 0.2) is 42.6 Å². The molecule has 1 saturated heterocycles. The summed E-state index contributed by atoms with van der Waals surface area (Å²) in [5.41, 5.74) is -0.0556. The van der Waals surface area contributed by atoms with Crippen molar-refractivity contribution in [1.82, 2.24) is 15.2 Å². The van der Waals surface area contributed by atoms with Crippen LogP contribution in [0.25, 0.3) is 0 Å². The number of carbonyl (C=O) groups is 2. The Morgan fingerprint density at radius 3 is 2.61 bits per heavy atom. The summed E-state index contributed by atoms with van der Waals surface area (Å²) in [4.78, 5) is 29.3. The Kier molecular flexibility index (Phi) is 5.67. The number of nitrogens with zero attached hydrogens (tertiary/aromatic N) is 2. The quantitative estimate of drug-likeness (QED) is 0.793. The molecule has 1 aliphatic heterocycles.